The van der Waals surface area contributed by atoms with Crippen LogP contribution in [0, 0.1) is 0 Å². The van der Waals surface area contributed by atoms with Gasteiger partial charge in [-0.05, 0) is 53.7 Å². The largest absolute Gasteiger partial charge is 0.508 e. The second-order valence-corrected chi connectivity index (χ2v) is 6.15. The fraction of sp³-hybridized carbons (Fsp3) is 0.0588. The number of nitrogens with one attached hydrogen (secondary N) is 1. The number of thioether (sulfide) groups is 1. The second-order valence-electron chi connectivity index (χ2n) is 5.12. The van der Waals surface area contributed by atoms with Gasteiger partial charge in [-0.2, -0.15) is 13.2 Å². The van der Waals surface area contributed by atoms with Crippen LogP contribution in [0.1, 0.15) is 11.1 Å². The Morgan fingerprint density at radius 2 is 1.84 bits per heavy atom. The van der Waals surface area contributed by atoms with Gasteiger partial charge in [0.1, 0.15) is 5.75 Å². The maximum atomic E-state index is 12.7. The molecule has 0 aromatic heterocycles. The predicted molar refractivity (Wildman–Crippen MR) is 90.4 cm³/mol. The van der Waals surface area contributed by atoms with Gasteiger partial charge in [-0.1, -0.05) is 18.2 Å². The lowest BCUT2D eigenvalue weighted by atomic mass is 10.2. The lowest BCUT2D eigenvalue weighted by molar-refractivity contribution is -0.137. The number of nitrogens with zero attached hydrogens (tertiary/aromatic N) is 1. The average molecular weight is 364 g/mol. The van der Waals surface area contributed by atoms with Crippen LogP contribution in [0.15, 0.2) is 58.4 Å². The summed E-state index contributed by atoms with van der Waals surface area (Å²) in [6, 6.07) is 10.8. The average Bonchev–Trinajstić information content (AvgIpc) is 2.88. The number of amides is 1. The van der Waals surface area contributed by atoms with Crippen molar-refractivity contribution in [2.24, 2.45) is 4.99 Å². The summed E-state index contributed by atoms with van der Waals surface area (Å²) in [7, 11) is 0. The third-order valence-electron chi connectivity index (χ3n) is 3.25. The molecule has 0 spiro atoms. The number of aromatic hydroxyl groups is 1. The molecule has 8 heteroatoms. The zero-order valence-corrected chi connectivity index (χ0v) is 13.4. The maximum Gasteiger partial charge on any atom is 0.416 e. The van der Waals surface area contributed by atoms with Crippen LogP contribution in [0.4, 0.5) is 18.9 Å². The number of rotatable bonds is 2. The van der Waals surface area contributed by atoms with E-state index in [9.17, 15) is 23.1 Å². The van der Waals surface area contributed by atoms with Gasteiger partial charge in [-0.15, -0.1) is 0 Å². The molecule has 0 aliphatic carbocycles. The number of amidine groups is 1. The highest BCUT2D eigenvalue weighted by Crippen LogP contribution is 2.33. The van der Waals surface area contributed by atoms with Crippen LogP contribution in [0.3, 0.4) is 0 Å². The van der Waals surface area contributed by atoms with Crippen molar-refractivity contribution in [1.29, 1.82) is 0 Å². The van der Waals surface area contributed by atoms with E-state index in [0.29, 0.717) is 10.5 Å². The Morgan fingerprint density at radius 3 is 2.52 bits per heavy atom. The molecule has 2 aromatic rings. The standard InChI is InChI=1S/C17H11F3N2O2S/c18-17(19,20)11-2-1-3-12(9-11)21-16-22-15(24)14(25-16)8-10-4-6-13(23)7-5-10/h1-9,23H,(H,21,22,24)/b14-8+. The Bertz CT molecular complexity index is 874. The summed E-state index contributed by atoms with van der Waals surface area (Å²) in [5.41, 5.74) is 0.00260. The van der Waals surface area contributed by atoms with E-state index in [1.807, 2.05) is 0 Å². The highest BCUT2D eigenvalue weighted by atomic mass is 32.2. The molecule has 0 bridgehead atoms. The van der Waals surface area contributed by atoms with Crippen LogP contribution in [0.2, 0.25) is 0 Å². The molecule has 1 heterocycles. The molecule has 1 amide bonds. The molecule has 1 aliphatic heterocycles. The number of hydrogen-bond acceptors (Lipinski definition) is 4. The molecule has 0 radical (unpaired) electrons. The van der Waals surface area contributed by atoms with Gasteiger partial charge < -0.3 is 10.4 Å². The van der Waals surface area contributed by atoms with Crippen LogP contribution in [0.25, 0.3) is 6.08 Å². The van der Waals surface area contributed by atoms with Crippen molar-refractivity contribution < 1.29 is 23.1 Å². The number of phenolic OH excluding ortho intramolecular Hbond substituents is 1. The first kappa shape index (κ1) is 17.1. The molecule has 2 N–H and O–H groups in total. The molecule has 1 saturated heterocycles. The van der Waals surface area contributed by atoms with Gasteiger partial charge in [-0.3, -0.25) is 4.79 Å². The first-order valence-electron chi connectivity index (χ1n) is 7.07. The summed E-state index contributed by atoms with van der Waals surface area (Å²) >= 11 is 1.03. The van der Waals surface area contributed by atoms with Crippen molar-refractivity contribution in [3.05, 3.63) is 64.6 Å². The van der Waals surface area contributed by atoms with Crippen LogP contribution < -0.4 is 5.32 Å². The molecule has 0 unspecified atom stereocenters. The lowest BCUT2D eigenvalue weighted by Crippen LogP contribution is -2.19. The van der Waals surface area contributed by atoms with E-state index in [1.54, 1.807) is 18.2 Å². The molecule has 0 atom stereocenters. The Labute approximate surface area is 145 Å². The Hall–Kier alpha value is -2.74. The van der Waals surface area contributed by atoms with E-state index in [-0.39, 0.29) is 22.5 Å². The van der Waals surface area contributed by atoms with Gasteiger partial charge in [0.25, 0.3) is 5.91 Å². The zero-order chi connectivity index (χ0) is 18.0. The van der Waals surface area contributed by atoms with E-state index in [2.05, 4.69) is 10.3 Å². The Balaban J connectivity index is 1.82. The number of phenols is 1. The third-order valence-corrected chi connectivity index (χ3v) is 4.16. The molecule has 25 heavy (non-hydrogen) atoms. The summed E-state index contributed by atoms with van der Waals surface area (Å²) in [6.07, 6.45) is -2.85. The number of aliphatic imine (C=N–C) groups is 1. The zero-order valence-electron chi connectivity index (χ0n) is 12.5. The van der Waals surface area contributed by atoms with Crippen molar-refractivity contribution in [2.45, 2.75) is 6.18 Å². The monoisotopic (exact) mass is 364 g/mol. The van der Waals surface area contributed by atoms with Crippen molar-refractivity contribution in [2.75, 3.05) is 0 Å². The van der Waals surface area contributed by atoms with Crippen molar-refractivity contribution in [3.8, 4) is 5.75 Å². The summed E-state index contributed by atoms with van der Waals surface area (Å²) in [4.78, 5) is 16.4. The minimum Gasteiger partial charge on any atom is -0.508 e. The van der Waals surface area contributed by atoms with Gasteiger partial charge >= 0.3 is 6.18 Å². The third kappa shape index (κ3) is 4.21. The quantitative estimate of drug-likeness (QED) is 0.781. The highest BCUT2D eigenvalue weighted by molar-refractivity contribution is 8.18. The highest BCUT2D eigenvalue weighted by Gasteiger charge is 2.30. The summed E-state index contributed by atoms with van der Waals surface area (Å²) in [5, 5.41) is 12.0. The van der Waals surface area contributed by atoms with Crippen LogP contribution in [-0.2, 0) is 11.0 Å². The minimum absolute atomic E-state index is 0.100. The molecule has 128 valence electrons. The fourth-order valence-electron chi connectivity index (χ4n) is 2.07. The molecule has 4 nitrogen and oxygen atoms in total. The van der Waals surface area contributed by atoms with Gasteiger partial charge in [0, 0.05) is 0 Å². The van der Waals surface area contributed by atoms with Crippen molar-refractivity contribution in [3.63, 3.8) is 0 Å². The van der Waals surface area contributed by atoms with E-state index >= 15 is 0 Å². The van der Waals surface area contributed by atoms with E-state index in [1.165, 1.54) is 24.3 Å². The normalized spacial score (nSPS) is 18.0. The summed E-state index contributed by atoms with van der Waals surface area (Å²) in [6.45, 7) is 0. The number of alkyl halides is 3. The number of carbonyl (C=O) groups is 1. The molecular formula is C17H11F3N2O2S. The molecular weight excluding hydrogens is 353 g/mol. The van der Waals surface area contributed by atoms with E-state index in [4.69, 9.17) is 0 Å². The Morgan fingerprint density at radius 1 is 1.12 bits per heavy atom. The number of halogens is 3. The molecule has 0 saturated carbocycles. The van der Waals surface area contributed by atoms with Crippen LogP contribution in [-0.4, -0.2) is 16.2 Å². The predicted octanol–water partition coefficient (Wildman–Crippen LogP) is 4.30. The Kier molecular flexibility index (Phi) is 4.54. The van der Waals surface area contributed by atoms with Gasteiger partial charge in [0.2, 0.25) is 0 Å². The maximum absolute atomic E-state index is 12.7. The van der Waals surface area contributed by atoms with Crippen molar-refractivity contribution in [1.82, 2.24) is 5.32 Å². The minimum atomic E-state index is -4.45. The van der Waals surface area contributed by atoms with Crippen LogP contribution >= 0.6 is 11.8 Å². The SMILES string of the molecule is O=C1NC(=Nc2cccc(C(F)(F)F)c2)S/C1=C/c1ccc(O)cc1. The smallest absolute Gasteiger partial charge is 0.416 e. The van der Waals surface area contributed by atoms with Crippen LogP contribution in [0.5, 0.6) is 5.75 Å². The molecule has 2 aromatic carbocycles. The van der Waals surface area contributed by atoms with Gasteiger partial charge in [0.05, 0.1) is 16.2 Å². The van der Waals surface area contributed by atoms with Gasteiger partial charge in [0.15, 0.2) is 5.17 Å². The molecule has 1 fully saturated rings. The summed E-state index contributed by atoms with van der Waals surface area (Å²) in [5.74, 6) is -0.277. The number of carbonyl (C=O) groups excluding carboxylic acids is 1. The lowest BCUT2D eigenvalue weighted by Gasteiger charge is -2.06. The topological polar surface area (TPSA) is 61.7 Å². The van der Waals surface area contributed by atoms with Crippen molar-refractivity contribution >= 4 is 34.6 Å². The van der Waals surface area contributed by atoms with E-state index < -0.39 is 11.7 Å². The number of benzene rings is 2. The second kappa shape index (κ2) is 6.64. The summed E-state index contributed by atoms with van der Waals surface area (Å²) < 4.78 is 38.2. The first-order chi connectivity index (χ1) is 11.8. The first-order valence-corrected chi connectivity index (χ1v) is 7.89. The van der Waals surface area contributed by atoms with E-state index in [0.717, 1.165) is 23.9 Å². The number of hydrogen-bond donors (Lipinski definition) is 2. The molecule has 1 aliphatic rings. The molecule has 3 rings (SSSR count). The van der Waals surface area contributed by atoms with Gasteiger partial charge in [-0.25, -0.2) is 4.99 Å². The fourth-order valence-corrected chi connectivity index (χ4v) is 2.91.